The molecule has 1 fully saturated rings. The molecule has 2 aromatic rings. The normalized spacial score (nSPS) is 21.5. The molecule has 0 aliphatic carbocycles. The van der Waals surface area contributed by atoms with Crippen LogP contribution in [0.5, 0.6) is 0 Å². The average Bonchev–Trinajstić information content (AvgIpc) is 2.62. The maximum absolute atomic E-state index is 12.5. The van der Waals surface area contributed by atoms with E-state index in [4.69, 9.17) is 11.6 Å². The first kappa shape index (κ1) is 17.9. The molecule has 0 spiro atoms. The van der Waals surface area contributed by atoms with E-state index in [2.05, 4.69) is 11.4 Å². The number of hydrogen-bond acceptors (Lipinski definition) is 1. The highest BCUT2D eigenvalue weighted by molar-refractivity contribution is 6.30. The summed E-state index contributed by atoms with van der Waals surface area (Å²) < 4.78 is 0. The number of amides is 1. The number of halogens is 1. The average molecular weight is 360 g/mol. The molecule has 3 rings (SSSR count). The second-order valence-electron chi connectivity index (χ2n) is 6.79. The molecule has 0 aromatic heterocycles. The molecular weight excluding hydrogens is 334 g/mol. The number of anilines is 1. The molecule has 3 N–H and O–H groups in total. The SMILES string of the molecule is C[C@@H](C(=O)Nc1ccccc1)[NH+]1CC[NH+](Cc2cccc(Cl)c2)CC1. The lowest BCUT2D eigenvalue weighted by Gasteiger charge is -2.32. The summed E-state index contributed by atoms with van der Waals surface area (Å²) in [5, 5.41) is 3.81. The fourth-order valence-corrected chi connectivity index (χ4v) is 3.64. The molecule has 0 bridgehead atoms. The van der Waals surface area contributed by atoms with Crippen LogP contribution in [0.3, 0.4) is 0 Å². The molecule has 1 saturated heterocycles. The third-order valence-electron chi connectivity index (χ3n) is 4.99. The molecule has 1 atom stereocenters. The van der Waals surface area contributed by atoms with Crippen molar-refractivity contribution in [2.75, 3.05) is 31.5 Å². The van der Waals surface area contributed by atoms with Gasteiger partial charge in [0.15, 0.2) is 6.04 Å². The lowest BCUT2D eigenvalue weighted by molar-refractivity contribution is -1.02. The van der Waals surface area contributed by atoms with Crippen molar-refractivity contribution in [3.8, 4) is 0 Å². The van der Waals surface area contributed by atoms with Crippen LogP contribution in [0.25, 0.3) is 0 Å². The molecule has 5 heteroatoms. The monoisotopic (exact) mass is 359 g/mol. The van der Waals surface area contributed by atoms with Gasteiger partial charge in [-0.3, -0.25) is 4.79 Å². The van der Waals surface area contributed by atoms with E-state index in [1.54, 1.807) is 4.90 Å². The number of para-hydroxylation sites is 1. The van der Waals surface area contributed by atoms with Crippen molar-refractivity contribution in [1.29, 1.82) is 0 Å². The van der Waals surface area contributed by atoms with Crippen LogP contribution in [0.1, 0.15) is 12.5 Å². The van der Waals surface area contributed by atoms with Crippen molar-refractivity contribution in [3.63, 3.8) is 0 Å². The number of quaternary nitrogens is 2. The van der Waals surface area contributed by atoms with Crippen molar-refractivity contribution in [1.82, 2.24) is 0 Å². The van der Waals surface area contributed by atoms with E-state index in [0.29, 0.717) is 0 Å². The Hall–Kier alpha value is -1.88. The van der Waals surface area contributed by atoms with Crippen LogP contribution in [-0.4, -0.2) is 38.1 Å². The highest BCUT2D eigenvalue weighted by Gasteiger charge is 2.31. The summed E-state index contributed by atoms with van der Waals surface area (Å²) in [6.45, 7) is 7.20. The van der Waals surface area contributed by atoms with E-state index >= 15 is 0 Å². The van der Waals surface area contributed by atoms with Crippen LogP contribution in [-0.2, 0) is 11.3 Å². The Balaban J connectivity index is 1.48. The van der Waals surface area contributed by atoms with Gasteiger partial charge in [-0.1, -0.05) is 41.9 Å². The summed E-state index contributed by atoms with van der Waals surface area (Å²) >= 11 is 6.07. The van der Waals surface area contributed by atoms with Gasteiger partial charge < -0.3 is 15.1 Å². The Bertz CT molecular complexity index is 699. The molecule has 0 saturated carbocycles. The molecule has 132 valence electrons. The van der Waals surface area contributed by atoms with E-state index in [0.717, 1.165) is 43.4 Å². The maximum atomic E-state index is 12.5. The lowest BCUT2D eigenvalue weighted by Crippen LogP contribution is -3.29. The van der Waals surface area contributed by atoms with Crippen molar-refractivity contribution in [2.24, 2.45) is 0 Å². The van der Waals surface area contributed by atoms with Crippen molar-refractivity contribution in [2.45, 2.75) is 19.5 Å². The molecule has 1 heterocycles. The molecule has 4 nitrogen and oxygen atoms in total. The van der Waals surface area contributed by atoms with E-state index in [-0.39, 0.29) is 11.9 Å². The fourth-order valence-electron chi connectivity index (χ4n) is 3.43. The van der Waals surface area contributed by atoms with Crippen molar-refractivity contribution >= 4 is 23.2 Å². The zero-order valence-corrected chi connectivity index (χ0v) is 15.4. The van der Waals surface area contributed by atoms with Crippen LogP contribution in [0, 0.1) is 0 Å². The van der Waals surface area contributed by atoms with Gasteiger partial charge in [-0.25, -0.2) is 0 Å². The molecule has 0 unspecified atom stereocenters. The van der Waals surface area contributed by atoms with Gasteiger partial charge in [0.05, 0.1) is 0 Å². The Kier molecular flexibility index (Phi) is 6.08. The van der Waals surface area contributed by atoms with Crippen LogP contribution in [0.15, 0.2) is 54.6 Å². The summed E-state index contributed by atoms with van der Waals surface area (Å²) in [5.41, 5.74) is 2.14. The van der Waals surface area contributed by atoms with Gasteiger partial charge >= 0.3 is 0 Å². The van der Waals surface area contributed by atoms with Gasteiger partial charge in [0.1, 0.15) is 32.7 Å². The summed E-state index contributed by atoms with van der Waals surface area (Å²) in [6.07, 6.45) is 0. The highest BCUT2D eigenvalue weighted by atomic mass is 35.5. The number of nitrogens with one attached hydrogen (secondary N) is 3. The first-order chi connectivity index (χ1) is 12.1. The largest absolute Gasteiger partial charge is 0.322 e. The van der Waals surface area contributed by atoms with E-state index in [1.165, 1.54) is 10.5 Å². The second-order valence-corrected chi connectivity index (χ2v) is 7.23. The van der Waals surface area contributed by atoms with Crippen molar-refractivity contribution < 1.29 is 14.6 Å². The quantitative estimate of drug-likeness (QED) is 0.720. The van der Waals surface area contributed by atoms with Gasteiger partial charge in [-0.15, -0.1) is 0 Å². The lowest BCUT2D eigenvalue weighted by atomic mass is 10.1. The van der Waals surface area contributed by atoms with E-state index in [9.17, 15) is 4.79 Å². The topological polar surface area (TPSA) is 38.0 Å². The maximum Gasteiger partial charge on any atom is 0.282 e. The van der Waals surface area contributed by atoms with Crippen LogP contribution >= 0.6 is 11.6 Å². The Morgan fingerprint density at radius 1 is 1.08 bits per heavy atom. The number of carbonyl (C=O) groups is 1. The molecule has 1 aliphatic heterocycles. The first-order valence-electron chi connectivity index (χ1n) is 8.90. The Labute approximate surface area is 154 Å². The molecule has 0 radical (unpaired) electrons. The fraction of sp³-hybridized carbons (Fsp3) is 0.350. The number of rotatable bonds is 5. The zero-order chi connectivity index (χ0) is 17.6. The van der Waals surface area contributed by atoms with Gasteiger partial charge in [-0.2, -0.15) is 0 Å². The number of carbonyl (C=O) groups excluding carboxylic acids is 1. The van der Waals surface area contributed by atoms with Crippen LogP contribution in [0.2, 0.25) is 5.02 Å². The highest BCUT2D eigenvalue weighted by Crippen LogP contribution is 2.09. The van der Waals surface area contributed by atoms with E-state index < -0.39 is 0 Å². The summed E-state index contributed by atoms with van der Waals surface area (Å²) in [4.78, 5) is 15.4. The molecule has 25 heavy (non-hydrogen) atoms. The number of piperazine rings is 1. The predicted octanol–water partition coefficient (Wildman–Crippen LogP) is 0.651. The Morgan fingerprint density at radius 3 is 2.48 bits per heavy atom. The minimum Gasteiger partial charge on any atom is -0.322 e. The minimum atomic E-state index is -0.0343. The molecule has 2 aromatic carbocycles. The molecule has 1 aliphatic rings. The first-order valence-corrected chi connectivity index (χ1v) is 9.28. The Morgan fingerprint density at radius 2 is 1.80 bits per heavy atom. The summed E-state index contributed by atoms with van der Waals surface area (Å²) in [7, 11) is 0. The predicted molar refractivity (Wildman–Crippen MR) is 101 cm³/mol. The van der Waals surface area contributed by atoms with E-state index in [1.807, 2.05) is 55.5 Å². The van der Waals surface area contributed by atoms with Crippen molar-refractivity contribution in [3.05, 3.63) is 65.2 Å². The summed E-state index contributed by atoms with van der Waals surface area (Å²) in [5.74, 6) is 0.0968. The third kappa shape index (κ3) is 5.05. The second kappa shape index (κ2) is 8.48. The minimum absolute atomic E-state index is 0.0343. The van der Waals surface area contributed by atoms with Crippen LogP contribution in [0.4, 0.5) is 5.69 Å². The standard InChI is InChI=1S/C20H24ClN3O/c1-16(20(25)22-19-8-3-2-4-9-19)24-12-10-23(11-13-24)15-17-6-5-7-18(21)14-17/h2-9,14,16H,10-13,15H2,1H3,(H,22,25)/p+2/t16-/m0/s1. The number of hydrogen-bond donors (Lipinski definition) is 3. The van der Waals surface area contributed by atoms with Gasteiger partial charge in [0.25, 0.3) is 5.91 Å². The molecular formula is C20H26ClN3O+2. The zero-order valence-electron chi connectivity index (χ0n) is 14.6. The van der Waals surface area contributed by atoms with Crippen LogP contribution < -0.4 is 15.1 Å². The van der Waals surface area contributed by atoms with Gasteiger partial charge in [0, 0.05) is 16.3 Å². The third-order valence-corrected chi connectivity index (χ3v) is 5.22. The number of benzene rings is 2. The summed E-state index contributed by atoms with van der Waals surface area (Å²) in [6, 6.07) is 17.7. The molecule has 1 amide bonds. The van der Waals surface area contributed by atoms with Gasteiger partial charge in [-0.05, 0) is 31.2 Å². The van der Waals surface area contributed by atoms with Gasteiger partial charge in [0.2, 0.25) is 0 Å². The smallest absolute Gasteiger partial charge is 0.282 e.